The molecule has 1 aliphatic carbocycles. The largest absolute Gasteiger partial charge is 0.492 e. The summed E-state index contributed by atoms with van der Waals surface area (Å²) >= 11 is 0. The van der Waals surface area contributed by atoms with Gasteiger partial charge in [0.2, 0.25) is 0 Å². The Morgan fingerprint density at radius 1 is 1.36 bits per heavy atom. The number of aromatic carboxylic acids is 1. The molecule has 3 N–H and O–H groups in total. The van der Waals surface area contributed by atoms with E-state index in [1.165, 1.54) is 23.8 Å². The van der Waals surface area contributed by atoms with Gasteiger partial charge in [0.25, 0.3) is 5.56 Å². The number of anilines is 1. The predicted molar refractivity (Wildman–Crippen MR) is 104 cm³/mol. The lowest BCUT2D eigenvalue weighted by Crippen LogP contribution is -2.30. The first kappa shape index (κ1) is 18.7. The Hall–Kier alpha value is -2.61. The molecule has 4 rings (SSSR count). The van der Waals surface area contributed by atoms with Crippen molar-refractivity contribution in [3.63, 3.8) is 0 Å². The van der Waals surface area contributed by atoms with E-state index in [0.29, 0.717) is 29.7 Å². The van der Waals surface area contributed by atoms with E-state index in [1.807, 2.05) is 11.8 Å². The van der Waals surface area contributed by atoms with Gasteiger partial charge in [-0.3, -0.25) is 4.79 Å². The van der Waals surface area contributed by atoms with Crippen LogP contribution in [-0.4, -0.2) is 41.9 Å². The number of carbonyl (C=O) groups is 1. The number of halogens is 1. The molecule has 1 saturated carbocycles. The van der Waals surface area contributed by atoms with Gasteiger partial charge in [0.05, 0.1) is 12.6 Å². The molecular weight excluding hydrogens is 365 g/mol. The van der Waals surface area contributed by atoms with Crippen molar-refractivity contribution in [2.75, 3.05) is 25.1 Å². The monoisotopic (exact) mass is 389 g/mol. The average Bonchev–Trinajstić information content (AvgIpc) is 3.35. The minimum atomic E-state index is -1.32. The number of rotatable bonds is 5. The van der Waals surface area contributed by atoms with Crippen LogP contribution < -0.4 is 20.9 Å². The molecule has 0 radical (unpaired) electrons. The number of pyridine rings is 1. The van der Waals surface area contributed by atoms with E-state index >= 15 is 4.39 Å². The van der Waals surface area contributed by atoms with Crippen LogP contribution in [0.25, 0.3) is 10.9 Å². The molecule has 0 bridgehead atoms. The average molecular weight is 389 g/mol. The quantitative estimate of drug-likeness (QED) is 0.815. The van der Waals surface area contributed by atoms with Crippen LogP contribution in [0.4, 0.5) is 10.1 Å². The lowest BCUT2D eigenvalue weighted by atomic mass is 10.0. The Morgan fingerprint density at radius 2 is 2.07 bits per heavy atom. The van der Waals surface area contributed by atoms with E-state index in [2.05, 4.69) is 0 Å². The summed E-state index contributed by atoms with van der Waals surface area (Å²) in [6.45, 7) is 3.20. The van der Waals surface area contributed by atoms with Gasteiger partial charge in [-0.1, -0.05) is 0 Å². The Balaban J connectivity index is 1.97. The maximum atomic E-state index is 15.1. The summed E-state index contributed by atoms with van der Waals surface area (Å²) in [7, 11) is 1.45. The van der Waals surface area contributed by atoms with Crippen molar-refractivity contribution in [1.29, 1.82) is 0 Å². The van der Waals surface area contributed by atoms with Crippen molar-refractivity contribution in [3.8, 4) is 5.75 Å². The molecular formula is C20H24FN3O4. The second kappa shape index (κ2) is 6.77. The van der Waals surface area contributed by atoms with Crippen LogP contribution in [0.15, 0.2) is 16.9 Å². The van der Waals surface area contributed by atoms with Gasteiger partial charge in [0.15, 0.2) is 11.6 Å². The Morgan fingerprint density at radius 3 is 2.61 bits per heavy atom. The molecule has 1 aliphatic heterocycles. The van der Waals surface area contributed by atoms with Gasteiger partial charge in [-0.15, -0.1) is 0 Å². The van der Waals surface area contributed by atoms with E-state index < -0.39 is 17.3 Å². The number of nitrogens with zero attached hydrogens (tertiary/aromatic N) is 2. The topological polar surface area (TPSA) is 97.8 Å². The van der Waals surface area contributed by atoms with E-state index in [0.717, 1.165) is 19.3 Å². The summed E-state index contributed by atoms with van der Waals surface area (Å²) in [4.78, 5) is 26.3. The molecule has 150 valence electrons. The molecule has 28 heavy (non-hydrogen) atoms. The number of methoxy groups -OCH3 is 1. The first-order valence-corrected chi connectivity index (χ1v) is 9.53. The number of ether oxygens (including phenoxy) is 1. The smallest absolute Gasteiger partial charge is 0.341 e. The molecule has 2 fully saturated rings. The highest BCUT2D eigenvalue weighted by atomic mass is 19.1. The maximum absolute atomic E-state index is 15.1. The maximum Gasteiger partial charge on any atom is 0.341 e. The van der Waals surface area contributed by atoms with Crippen molar-refractivity contribution >= 4 is 22.6 Å². The van der Waals surface area contributed by atoms with Crippen LogP contribution >= 0.6 is 0 Å². The zero-order valence-electron chi connectivity index (χ0n) is 15.9. The van der Waals surface area contributed by atoms with Crippen molar-refractivity contribution in [1.82, 2.24) is 4.57 Å². The highest BCUT2D eigenvalue weighted by Crippen LogP contribution is 2.44. The first-order valence-electron chi connectivity index (χ1n) is 9.53. The predicted octanol–water partition coefficient (Wildman–Crippen LogP) is 2.36. The molecule has 7 nitrogen and oxygen atoms in total. The van der Waals surface area contributed by atoms with Gasteiger partial charge in [0.1, 0.15) is 11.3 Å². The van der Waals surface area contributed by atoms with E-state index in [4.69, 9.17) is 10.5 Å². The third-order valence-electron chi connectivity index (χ3n) is 5.83. The molecule has 1 aromatic heterocycles. The summed E-state index contributed by atoms with van der Waals surface area (Å²) in [6.07, 6.45) is 2.42. The van der Waals surface area contributed by atoms with Gasteiger partial charge < -0.3 is 25.0 Å². The van der Waals surface area contributed by atoms with Crippen LogP contribution in [0.2, 0.25) is 0 Å². The number of aromatic nitrogens is 1. The molecule has 2 aromatic rings. The lowest BCUT2D eigenvalue weighted by molar-refractivity contribution is 0.0694. The fourth-order valence-corrected chi connectivity index (χ4v) is 4.17. The van der Waals surface area contributed by atoms with Gasteiger partial charge in [-0.2, -0.15) is 0 Å². The molecule has 2 atom stereocenters. The van der Waals surface area contributed by atoms with Gasteiger partial charge in [-0.05, 0) is 44.2 Å². The van der Waals surface area contributed by atoms with E-state index in [-0.39, 0.29) is 29.3 Å². The molecule has 2 aliphatic rings. The van der Waals surface area contributed by atoms with E-state index in [9.17, 15) is 14.7 Å². The van der Waals surface area contributed by atoms with Crippen molar-refractivity contribution in [3.05, 3.63) is 33.9 Å². The number of fused-ring (bicyclic) bond motifs is 1. The van der Waals surface area contributed by atoms with Crippen LogP contribution in [-0.2, 0) is 0 Å². The van der Waals surface area contributed by atoms with E-state index in [1.54, 1.807) is 0 Å². The Kier molecular flexibility index (Phi) is 4.53. The first-order chi connectivity index (χ1) is 13.3. The fourth-order valence-electron chi connectivity index (χ4n) is 4.17. The van der Waals surface area contributed by atoms with Crippen LogP contribution in [0.5, 0.6) is 5.75 Å². The van der Waals surface area contributed by atoms with Gasteiger partial charge in [-0.25, -0.2) is 9.18 Å². The molecule has 0 amide bonds. The molecule has 1 aromatic carbocycles. The van der Waals surface area contributed by atoms with Crippen molar-refractivity contribution in [2.24, 2.45) is 11.7 Å². The summed E-state index contributed by atoms with van der Waals surface area (Å²) in [5.74, 6) is -1.28. The number of carboxylic acid groups (broad SMARTS) is 1. The second-order valence-corrected chi connectivity index (χ2v) is 7.80. The minimum absolute atomic E-state index is 0.00211. The molecule has 2 heterocycles. The third kappa shape index (κ3) is 2.92. The number of hydrogen-bond acceptors (Lipinski definition) is 5. The molecule has 8 heteroatoms. The number of hydrogen-bond donors (Lipinski definition) is 2. The Bertz CT molecular complexity index is 1010. The fraction of sp³-hybridized carbons (Fsp3) is 0.500. The highest BCUT2D eigenvalue weighted by Gasteiger charge is 2.34. The Labute approximate surface area is 161 Å². The highest BCUT2D eigenvalue weighted by molar-refractivity contribution is 5.97. The second-order valence-electron chi connectivity index (χ2n) is 7.80. The normalized spacial score (nSPS) is 20.6. The number of benzene rings is 1. The molecule has 0 spiro atoms. The van der Waals surface area contributed by atoms with Crippen LogP contribution in [0.1, 0.15) is 42.6 Å². The third-order valence-corrected chi connectivity index (χ3v) is 5.83. The molecule has 1 unspecified atom stereocenters. The SMILES string of the molecule is COc1c(N2CC[C@@H](C(C)N)C2)c(F)cc2cc(C(=O)O)c(=O)n(C3CC3)c12. The van der Waals surface area contributed by atoms with Crippen molar-refractivity contribution < 1.29 is 19.0 Å². The summed E-state index contributed by atoms with van der Waals surface area (Å²) in [6, 6.07) is 2.46. The molecule has 1 saturated heterocycles. The van der Waals surface area contributed by atoms with Gasteiger partial charge >= 0.3 is 5.97 Å². The summed E-state index contributed by atoms with van der Waals surface area (Å²) in [5, 5.41) is 9.75. The number of carboxylic acids is 1. The van der Waals surface area contributed by atoms with Gasteiger partial charge in [0, 0.05) is 30.6 Å². The van der Waals surface area contributed by atoms with Crippen LogP contribution in [0, 0.1) is 11.7 Å². The zero-order valence-corrected chi connectivity index (χ0v) is 15.9. The minimum Gasteiger partial charge on any atom is -0.492 e. The summed E-state index contributed by atoms with van der Waals surface area (Å²) < 4.78 is 22.2. The summed E-state index contributed by atoms with van der Waals surface area (Å²) in [5.41, 5.74) is 5.86. The van der Waals surface area contributed by atoms with Crippen LogP contribution in [0.3, 0.4) is 0 Å². The lowest BCUT2D eigenvalue weighted by Gasteiger charge is -2.25. The zero-order chi connectivity index (χ0) is 20.2. The standard InChI is InChI=1S/C20H24FN3O4/c1-10(22)11-5-6-23(9-11)17-15(21)8-12-7-14(20(26)27)19(25)24(13-3-4-13)16(12)18(17)28-2/h7-8,10-11,13H,3-6,9,22H2,1-2H3,(H,26,27)/t10?,11-/m1/s1. The number of nitrogens with two attached hydrogens (primary N) is 1. The van der Waals surface area contributed by atoms with Crippen molar-refractivity contribution in [2.45, 2.75) is 38.3 Å².